The quantitative estimate of drug-likeness (QED) is 0.446. The summed E-state index contributed by atoms with van der Waals surface area (Å²) in [6, 6.07) is 4.62. The van der Waals surface area contributed by atoms with Crippen molar-refractivity contribution in [3.8, 4) is 17.1 Å². The molecule has 2 aromatic heterocycles. The molecular formula is C25H35N5O5S. The smallest absolute Gasteiger partial charge is 0.277 e. The molecule has 1 atom stereocenters. The first-order valence-corrected chi connectivity index (χ1v) is 14.1. The van der Waals surface area contributed by atoms with Crippen molar-refractivity contribution in [3.63, 3.8) is 0 Å². The molecule has 10 nitrogen and oxygen atoms in total. The molecule has 3 aromatic rings. The van der Waals surface area contributed by atoms with Crippen molar-refractivity contribution < 1.29 is 18.3 Å². The number of imidazole rings is 1. The predicted octanol–water partition coefficient (Wildman–Crippen LogP) is 3.09. The summed E-state index contributed by atoms with van der Waals surface area (Å²) in [4.78, 5) is 20.7. The lowest BCUT2D eigenvalue weighted by Crippen LogP contribution is -2.40. The molecule has 11 heteroatoms. The molecule has 0 saturated carbocycles. The van der Waals surface area contributed by atoms with E-state index in [0.717, 1.165) is 19.3 Å². The average molecular weight is 518 g/mol. The van der Waals surface area contributed by atoms with Gasteiger partial charge < -0.3 is 14.8 Å². The first-order valence-electron chi connectivity index (χ1n) is 12.6. The van der Waals surface area contributed by atoms with E-state index in [1.54, 1.807) is 17.5 Å². The second-order valence-corrected chi connectivity index (χ2v) is 11.2. The van der Waals surface area contributed by atoms with E-state index < -0.39 is 10.0 Å². The number of piperidine rings is 1. The molecule has 0 radical (unpaired) electrons. The molecule has 1 saturated heterocycles. The Balaban J connectivity index is 1.87. The summed E-state index contributed by atoms with van der Waals surface area (Å²) in [5.41, 5.74) is 1.02. The fraction of sp³-hybridized carbons (Fsp3) is 0.560. The Kier molecular flexibility index (Phi) is 7.82. The standard InChI is InChI=1S/C25H35N5O5S/c1-5-18(6-2)24-26-16(4)22-25(32)27-23(28-30(22)24)20-13-19(10-11-21(20)35-7-3)36(33,34)29-12-8-9-17(14-29)15-31/h10-11,13,17-18,31H,5-9,12,14-15H2,1-4H3,(H,27,28,32). The maximum atomic E-state index is 13.5. The van der Waals surface area contributed by atoms with Gasteiger partial charge >= 0.3 is 0 Å². The number of sulfonamides is 1. The lowest BCUT2D eigenvalue weighted by Gasteiger charge is -2.31. The molecular weight excluding hydrogens is 482 g/mol. The predicted molar refractivity (Wildman–Crippen MR) is 137 cm³/mol. The second kappa shape index (κ2) is 10.7. The van der Waals surface area contributed by atoms with Gasteiger partial charge in [0.1, 0.15) is 11.6 Å². The van der Waals surface area contributed by atoms with Crippen molar-refractivity contribution >= 4 is 15.5 Å². The summed E-state index contributed by atoms with van der Waals surface area (Å²) in [7, 11) is -3.82. The minimum Gasteiger partial charge on any atom is -0.493 e. The third-order valence-corrected chi connectivity index (χ3v) is 8.80. The molecule has 0 amide bonds. The Bertz CT molecular complexity index is 1390. The number of rotatable bonds is 9. The number of H-pyrrole nitrogens is 1. The van der Waals surface area contributed by atoms with Crippen LogP contribution in [0.25, 0.3) is 16.9 Å². The highest BCUT2D eigenvalue weighted by Gasteiger charge is 2.31. The van der Waals surface area contributed by atoms with Crippen molar-refractivity contribution in [2.75, 3.05) is 26.3 Å². The number of aromatic amines is 1. The molecule has 36 heavy (non-hydrogen) atoms. The summed E-state index contributed by atoms with van der Waals surface area (Å²) >= 11 is 0. The van der Waals surface area contributed by atoms with Gasteiger partial charge in [-0.2, -0.15) is 4.31 Å². The van der Waals surface area contributed by atoms with Crippen molar-refractivity contribution in [1.29, 1.82) is 0 Å². The van der Waals surface area contributed by atoms with Crippen LogP contribution >= 0.6 is 0 Å². The van der Waals surface area contributed by atoms with E-state index in [1.165, 1.54) is 16.4 Å². The summed E-state index contributed by atoms with van der Waals surface area (Å²) in [5, 5.41) is 14.3. The summed E-state index contributed by atoms with van der Waals surface area (Å²) in [6.07, 6.45) is 3.19. The SMILES string of the molecule is CCOc1ccc(S(=O)(=O)N2CCCC(CO)C2)cc1-c1nn2c(C(CC)CC)nc(C)c2c(=O)[nH]1. The van der Waals surface area contributed by atoms with Gasteiger partial charge in [0.25, 0.3) is 5.56 Å². The highest BCUT2D eigenvalue weighted by Crippen LogP contribution is 2.33. The molecule has 1 aromatic carbocycles. The van der Waals surface area contributed by atoms with Crippen molar-refractivity contribution in [3.05, 3.63) is 40.1 Å². The molecule has 4 rings (SSSR count). The molecule has 196 valence electrons. The van der Waals surface area contributed by atoms with Crippen molar-refractivity contribution in [2.24, 2.45) is 5.92 Å². The van der Waals surface area contributed by atoms with Crippen LogP contribution in [0.1, 0.15) is 63.9 Å². The maximum absolute atomic E-state index is 13.5. The van der Waals surface area contributed by atoms with E-state index in [-0.39, 0.29) is 41.3 Å². The van der Waals surface area contributed by atoms with Crippen LogP contribution in [-0.2, 0) is 10.0 Å². The number of nitrogens with zero attached hydrogens (tertiary/aromatic N) is 4. The van der Waals surface area contributed by atoms with E-state index >= 15 is 0 Å². The van der Waals surface area contributed by atoms with Crippen LogP contribution in [0.15, 0.2) is 27.9 Å². The zero-order valence-corrected chi connectivity index (χ0v) is 22.1. The number of aromatic nitrogens is 4. The van der Waals surface area contributed by atoms with E-state index in [4.69, 9.17) is 9.84 Å². The van der Waals surface area contributed by atoms with Gasteiger partial charge in [-0.05, 0) is 63.6 Å². The molecule has 2 N–H and O–H groups in total. The monoisotopic (exact) mass is 517 g/mol. The Morgan fingerprint density at radius 1 is 1.25 bits per heavy atom. The number of fused-ring (bicyclic) bond motifs is 1. The van der Waals surface area contributed by atoms with Crippen LogP contribution in [0.5, 0.6) is 5.75 Å². The zero-order valence-electron chi connectivity index (χ0n) is 21.3. The molecule has 1 aliphatic heterocycles. The summed E-state index contributed by atoms with van der Waals surface area (Å²) in [5.74, 6) is 1.40. The normalized spacial score (nSPS) is 17.2. The van der Waals surface area contributed by atoms with E-state index in [2.05, 4.69) is 23.8 Å². The Morgan fingerprint density at radius 2 is 2.00 bits per heavy atom. The van der Waals surface area contributed by atoms with Gasteiger partial charge in [-0.15, -0.1) is 5.10 Å². The van der Waals surface area contributed by atoms with E-state index in [9.17, 15) is 18.3 Å². The van der Waals surface area contributed by atoms with Crippen molar-refractivity contribution in [1.82, 2.24) is 23.9 Å². The Labute approximate surface area is 211 Å². The van der Waals surface area contributed by atoms with Crippen LogP contribution in [0.2, 0.25) is 0 Å². The number of aliphatic hydroxyl groups is 1. The highest BCUT2D eigenvalue weighted by atomic mass is 32.2. The minimum absolute atomic E-state index is 0.0467. The van der Waals surface area contributed by atoms with Crippen LogP contribution in [-0.4, -0.2) is 63.7 Å². The van der Waals surface area contributed by atoms with Crippen molar-refractivity contribution in [2.45, 2.75) is 64.2 Å². The summed E-state index contributed by atoms with van der Waals surface area (Å²) < 4.78 is 35.8. The summed E-state index contributed by atoms with van der Waals surface area (Å²) in [6.45, 7) is 8.75. The maximum Gasteiger partial charge on any atom is 0.277 e. The fourth-order valence-electron chi connectivity index (χ4n) is 4.91. The molecule has 0 aliphatic carbocycles. The first-order chi connectivity index (χ1) is 17.2. The average Bonchev–Trinajstić information content (AvgIpc) is 3.21. The van der Waals surface area contributed by atoms with Gasteiger partial charge in [-0.25, -0.2) is 17.9 Å². The topological polar surface area (TPSA) is 130 Å². The molecule has 1 fully saturated rings. The second-order valence-electron chi connectivity index (χ2n) is 9.28. The Morgan fingerprint density at radius 3 is 2.67 bits per heavy atom. The highest BCUT2D eigenvalue weighted by molar-refractivity contribution is 7.89. The van der Waals surface area contributed by atoms with Gasteiger partial charge in [0, 0.05) is 25.6 Å². The molecule has 0 bridgehead atoms. The Hall–Kier alpha value is -2.76. The molecule has 3 heterocycles. The van der Waals surface area contributed by atoms with E-state index in [0.29, 0.717) is 47.9 Å². The lowest BCUT2D eigenvalue weighted by molar-refractivity contribution is 0.165. The van der Waals surface area contributed by atoms with Gasteiger partial charge in [0.05, 0.1) is 22.8 Å². The van der Waals surface area contributed by atoms with Crippen LogP contribution in [0, 0.1) is 12.8 Å². The number of hydrogen-bond acceptors (Lipinski definition) is 7. The molecule has 0 spiro atoms. The molecule has 1 aliphatic rings. The lowest BCUT2D eigenvalue weighted by atomic mass is 10.0. The van der Waals surface area contributed by atoms with Gasteiger partial charge in [0.2, 0.25) is 10.0 Å². The zero-order chi connectivity index (χ0) is 26.0. The van der Waals surface area contributed by atoms with Gasteiger partial charge in [-0.3, -0.25) is 4.79 Å². The first kappa shape index (κ1) is 26.3. The van der Waals surface area contributed by atoms with Gasteiger partial charge in [0.15, 0.2) is 11.3 Å². The van der Waals surface area contributed by atoms with Crippen LogP contribution < -0.4 is 10.3 Å². The minimum atomic E-state index is -3.82. The molecule has 1 unspecified atom stereocenters. The third kappa shape index (κ3) is 4.79. The number of hydrogen-bond donors (Lipinski definition) is 2. The number of nitrogens with one attached hydrogen (secondary N) is 1. The number of benzene rings is 1. The fourth-order valence-corrected chi connectivity index (χ4v) is 6.49. The largest absolute Gasteiger partial charge is 0.493 e. The number of aliphatic hydroxyl groups excluding tert-OH is 1. The third-order valence-electron chi connectivity index (χ3n) is 6.94. The van der Waals surface area contributed by atoms with Gasteiger partial charge in [-0.1, -0.05) is 13.8 Å². The van der Waals surface area contributed by atoms with E-state index in [1.807, 2.05) is 6.92 Å². The van der Waals surface area contributed by atoms with Crippen LogP contribution in [0.4, 0.5) is 0 Å². The van der Waals surface area contributed by atoms with Crippen LogP contribution in [0.3, 0.4) is 0 Å². The number of ether oxygens (including phenoxy) is 1. The number of aryl methyl sites for hydroxylation is 1.